The lowest BCUT2D eigenvalue weighted by molar-refractivity contribution is 0.0204. The first-order valence-corrected chi connectivity index (χ1v) is 6.56. The first kappa shape index (κ1) is 11.1. The van der Waals surface area contributed by atoms with Crippen molar-refractivity contribution in [2.75, 3.05) is 0 Å². The molecule has 1 aliphatic carbocycles. The van der Waals surface area contributed by atoms with E-state index in [9.17, 15) is 5.11 Å². The molecule has 0 bridgehead atoms. The third-order valence-corrected chi connectivity index (χ3v) is 4.12. The SMILES string of the molecule is Cc1csc(CC(C)(O)CC2CCC2)n1. The van der Waals surface area contributed by atoms with Gasteiger partial charge in [0.15, 0.2) is 0 Å². The molecule has 1 saturated carbocycles. The summed E-state index contributed by atoms with van der Waals surface area (Å²) in [5, 5.41) is 13.4. The Kier molecular flexibility index (Phi) is 3.12. The molecule has 0 aliphatic heterocycles. The van der Waals surface area contributed by atoms with E-state index in [-0.39, 0.29) is 0 Å². The molecule has 0 saturated heterocycles. The van der Waals surface area contributed by atoms with Gasteiger partial charge in [-0.25, -0.2) is 4.98 Å². The van der Waals surface area contributed by atoms with Crippen molar-refractivity contribution < 1.29 is 5.11 Å². The topological polar surface area (TPSA) is 33.1 Å². The summed E-state index contributed by atoms with van der Waals surface area (Å²) >= 11 is 1.66. The van der Waals surface area contributed by atoms with E-state index in [2.05, 4.69) is 10.4 Å². The van der Waals surface area contributed by atoms with Crippen molar-refractivity contribution in [3.05, 3.63) is 16.1 Å². The monoisotopic (exact) mass is 225 g/mol. The molecule has 1 unspecified atom stereocenters. The van der Waals surface area contributed by atoms with Crippen LogP contribution in [0.15, 0.2) is 5.38 Å². The van der Waals surface area contributed by atoms with Crippen LogP contribution < -0.4 is 0 Å². The lowest BCUT2D eigenvalue weighted by Gasteiger charge is -2.33. The Bertz CT molecular complexity index is 328. The van der Waals surface area contributed by atoms with E-state index in [1.165, 1.54) is 19.3 Å². The average molecular weight is 225 g/mol. The second-order valence-corrected chi connectivity index (χ2v) is 6.00. The van der Waals surface area contributed by atoms with Crippen LogP contribution in [-0.2, 0) is 6.42 Å². The van der Waals surface area contributed by atoms with Gasteiger partial charge >= 0.3 is 0 Å². The van der Waals surface area contributed by atoms with E-state index in [0.29, 0.717) is 6.42 Å². The van der Waals surface area contributed by atoms with Crippen LogP contribution in [-0.4, -0.2) is 15.7 Å². The maximum absolute atomic E-state index is 10.3. The lowest BCUT2D eigenvalue weighted by atomic mass is 9.77. The highest BCUT2D eigenvalue weighted by Crippen LogP contribution is 2.35. The molecule has 15 heavy (non-hydrogen) atoms. The maximum Gasteiger partial charge on any atom is 0.0956 e. The van der Waals surface area contributed by atoms with Gasteiger partial charge in [-0.3, -0.25) is 0 Å². The molecule has 1 fully saturated rings. The van der Waals surface area contributed by atoms with Gasteiger partial charge in [0.25, 0.3) is 0 Å². The summed E-state index contributed by atoms with van der Waals surface area (Å²) in [7, 11) is 0. The Morgan fingerprint density at radius 2 is 2.33 bits per heavy atom. The van der Waals surface area contributed by atoms with Crippen molar-refractivity contribution in [3.63, 3.8) is 0 Å². The van der Waals surface area contributed by atoms with Gasteiger partial charge in [0.2, 0.25) is 0 Å². The quantitative estimate of drug-likeness (QED) is 0.854. The standard InChI is InChI=1S/C12H19NOS/c1-9-8-15-11(13-9)7-12(2,14)6-10-4-3-5-10/h8,10,14H,3-7H2,1-2H3. The van der Waals surface area contributed by atoms with Crippen molar-refractivity contribution in [3.8, 4) is 0 Å². The van der Waals surface area contributed by atoms with E-state index < -0.39 is 5.60 Å². The van der Waals surface area contributed by atoms with Gasteiger partial charge in [-0.05, 0) is 26.2 Å². The molecule has 0 amide bonds. The molecular weight excluding hydrogens is 206 g/mol. The highest BCUT2D eigenvalue weighted by atomic mass is 32.1. The molecule has 2 rings (SSSR count). The van der Waals surface area contributed by atoms with Crippen molar-refractivity contribution in [1.29, 1.82) is 0 Å². The average Bonchev–Trinajstić information content (AvgIpc) is 2.43. The zero-order valence-corrected chi connectivity index (χ0v) is 10.3. The molecule has 1 aromatic rings. The minimum Gasteiger partial charge on any atom is -0.390 e. The second kappa shape index (κ2) is 4.22. The molecule has 1 aliphatic rings. The molecule has 1 N–H and O–H groups in total. The van der Waals surface area contributed by atoms with Gasteiger partial charge in [0.1, 0.15) is 0 Å². The number of aromatic nitrogens is 1. The number of aryl methyl sites for hydroxylation is 1. The molecule has 0 radical (unpaired) electrons. The van der Waals surface area contributed by atoms with Gasteiger partial charge in [0, 0.05) is 17.5 Å². The van der Waals surface area contributed by atoms with Crippen molar-refractivity contribution in [2.24, 2.45) is 5.92 Å². The lowest BCUT2D eigenvalue weighted by Crippen LogP contribution is -2.32. The smallest absolute Gasteiger partial charge is 0.0956 e. The van der Waals surface area contributed by atoms with Gasteiger partial charge in [-0.1, -0.05) is 19.3 Å². The molecule has 1 atom stereocenters. The van der Waals surface area contributed by atoms with Crippen LogP contribution in [0.2, 0.25) is 0 Å². The first-order valence-electron chi connectivity index (χ1n) is 5.68. The molecular formula is C12H19NOS. The van der Waals surface area contributed by atoms with Crippen LogP contribution in [0.3, 0.4) is 0 Å². The number of nitrogens with zero attached hydrogens (tertiary/aromatic N) is 1. The summed E-state index contributed by atoms with van der Waals surface area (Å²) in [6, 6.07) is 0. The molecule has 1 aromatic heterocycles. The fourth-order valence-corrected chi connectivity index (χ4v) is 3.15. The summed E-state index contributed by atoms with van der Waals surface area (Å²) in [6.07, 6.45) is 5.59. The van der Waals surface area contributed by atoms with Crippen LogP contribution in [0.5, 0.6) is 0 Å². The van der Waals surface area contributed by atoms with Crippen LogP contribution in [0.25, 0.3) is 0 Å². The molecule has 2 nitrogen and oxygen atoms in total. The third kappa shape index (κ3) is 3.02. The number of hydrogen-bond donors (Lipinski definition) is 1. The van der Waals surface area contributed by atoms with Crippen molar-refractivity contribution in [2.45, 2.75) is 51.6 Å². The number of hydrogen-bond acceptors (Lipinski definition) is 3. The van der Waals surface area contributed by atoms with Gasteiger partial charge in [0.05, 0.1) is 10.6 Å². The van der Waals surface area contributed by atoms with Crippen LogP contribution in [0.4, 0.5) is 0 Å². The minimum absolute atomic E-state index is 0.560. The summed E-state index contributed by atoms with van der Waals surface area (Å²) in [5.74, 6) is 0.751. The van der Waals surface area contributed by atoms with Gasteiger partial charge in [-0.2, -0.15) is 0 Å². The predicted molar refractivity (Wildman–Crippen MR) is 63.1 cm³/mol. The zero-order chi connectivity index (χ0) is 10.9. The number of rotatable bonds is 4. The Hall–Kier alpha value is -0.410. The normalized spacial score (nSPS) is 21.0. The zero-order valence-electron chi connectivity index (χ0n) is 9.49. The van der Waals surface area contributed by atoms with E-state index >= 15 is 0 Å². The Morgan fingerprint density at radius 1 is 1.60 bits per heavy atom. The van der Waals surface area contributed by atoms with Crippen molar-refractivity contribution >= 4 is 11.3 Å². The van der Waals surface area contributed by atoms with Gasteiger partial charge < -0.3 is 5.11 Å². The van der Waals surface area contributed by atoms with Crippen LogP contribution in [0.1, 0.15) is 43.3 Å². The summed E-state index contributed by atoms with van der Waals surface area (Å²) < 4.78 is 0. The van der Waals surface area contributed by atoms with E-state index in [0.717, 1.165) is 23.0 Å². The van der Waals surface area contributed by atoms with Crippen LogP contribution >= 0.6 is 11.3 Å². The number of aliphatic hydroxyl groups is 1. The predicted octanol–water partition coefficient (Wildman–Crippen LogP) is 2.94. The fourth-order valence-electron chi connectivity index (χ4n) is 2.20. The second-order valence-electron chi connectivity index (χ2n) is 5.06. The third-order valence-electron chi connectivity index (χ3n) is 3.15. The molecule has 1 heterocycles. The van der Waals surface area contributed by atoms with Crippen molar-refractivity contribution in [1.82, 2.24) is 4.98 Å². The Labute approximate surface area is 95.4 Å². The largest absolute Gasteiger partial charge is 0.390 e. The molecule has 84 valence electrons. The molecule has 0 spiro atoms. The molecule has 3 heteroatoms. The Balaban J connectivity index is 1.90. The van der Waals surface area contributed by atoms with E-state index in [4.69, 9.17) is 0 Å². The highest BCUT2D eigenvalue weighted by molar-refractivity contribution is 7.09. The van der Waals surface area contributed by atoms with Crippen LogP contribution in [0, 0.1) is 12.8 Å². The Morgan fingerprint density at radius 3 is 2.80 bits per heavy atom. The number of thiazole rings is 1. The first-order chi connectivity index (χ1) is 7.05. The molecule has 0 aromatic carbocycles. The highest BCUT2D eigenvalue weighted by Gasteiger charge is 2.29. The summed E-state index contributed by atoms with van der Waals surface area (Å²) in [4.78, 5) is 4.41. The minimum atomic E-state index is -0.560. The van der Waals surface area contributed by atoms with Gasteiger partial charge in [-0.15, -0.1) is 11.3 Å². The summed E-state index contributed by atoms with van der Waals surface area (Å²) in [6.45, 7) is 3.95. The maximum atomic E-state index is 10.3. The fraction of sp³-hybridized carbons (Fsp3) is 0.750. The summed E-state index contributed by atoms with van der Waals surface area (Å²) in [5.41, 5.74) is 0.504. The van der Waals surface area contributed by atoms with E-state index in [1.807, 2.05) is 13.8 Å². The van der Waals surface area contributed by atoms with E-state index in [1.54, 1.807) is 11.3 Å².